The molecule has 74 valence electrons. The van der Waals surface area contributed by atoms with Crippen molar-refractivity contribution in [2.75, 3.05) is 6.61 Å². The highest BCUT2D eigenvalue weighted by Crippen LogP contribution is 2.12. The first-order valence-electron chi connectivity index (χ1n) is 4.36. The number of carbonyl (C=O) groups excluding carboxylic acids is 1. The van der Waals surface area contributed by atoms with Crippen LogP contribution in [0.25, 0.3) is 11.0 Å². The summed E-state index contributed by atoms with van der Waals surface area (Å²) in [6.07, 6.45) is 1.70. The van der Waals surface area contributed by atoms with Gasteiger partial charge in [-0.1, -0.05) is 18.2 Å². The summed E-state index contributed by atoms with van der Waals surface area (Å²) in [7, 11) is 0. The summed E-state index contributed by atoms with van der Waals surface area (Å²) < 4.78 is 9.27. The van der Waals surface area contributed by atoms with Gasteiger partial charge in [0, 0.05) is 5.39 Å². The van der Waals surface area contributed by atoms with Gasteiger partial charge in [-0.2, -0.15) is 0 Å². The van der Waals surface area contributed by atoms with E-state index in [2.05, 4.69) is 4.74 Å². The number of rotatable bonds is 2. The minimum atomic E-state index is 0.431. The number of carbonyl (C=O) groups is 1. The summed E-state index contributed by atoms with van der Waals surface area (Å²) in [6.45, 7) is 2.66. The van der Waals surface area contributed by atoms with Crippen LogP contribution in [0.3, 0.4) is 0 Å². The zero-order chi connectivity index (χ0) is 10.2. The number of hydrogen-bond acceptors (Lipinski definition) is 3. The van der Waals surface area contributed by atoms with E-state index in [0.717, 1.165) is 11.0 Å². The Morgan fingerprint density at radius 3 is 2.71 bits per heavy atom. The molecule has 0 atom stereocenters. The number of para-hydroxylation sites is 1. The summed E-state index contributed by atoms with van der Waals surface area (Å²) in [6, 6.07) is 9.90. The first-order valence-corrected chi connectivity index (χ1v) is 4.36. The van der Waals surface area contributed by atoms with Gasteiger partial charge in [-0.25, -0.2) is 0 Å². The summed E-state index contributed by atoms with van der Waals surface area (Å²) in [5.74, 6) is 0. The van der Waals surface area contributed by atoms with Gasteiger partial charge in [0.15, 0.2) is 0 Å². The molecular weight excluding hydrogens is 180 g/mol. The van der Waals surface area contributed by atoms with Crippen molar-refractivity contribution in [1.82, 2.24) is 0 Å². The van der Waals surface area contributed by atoms with E-state index in [1.54, 1.807) is 13.2 Å². The van der Waals surface area contributed by atoms with Gasteiger partial charge in [0.25, 0.3) is 6.47 Å². The Morgan fingerprint density at radius 1 is 1.36 bits per heavy atom. The third-order valence-electron chi connectivity index (χ3n) is 1.60. The predicted octanol–water partition coefficient (Wildman–Crippen LogP) is 2.61. The molecule has 0 spiro atoms. The molecule has 0 amide bonds. The lowest BCUT2D eigenvalue weighted by atomic mass is 10.3. The van der Waals surface area contributed by atoms with Gasteiger partial charge in [-0.15, -0.1) is 0 Å². The molecule has 3 heteroatoms. The van der Waals surface area contributed by atoms with Gasteiger partial charge >= 0.3 is 0 Å². The van der Waals surface area contributed by atoms with Gasteiger partial charge in [0.05, 0.1) is 12.9 Å². The van der Waals surface area contributed by atoms with Crippen LogP contribution in [0, 0.1) is 0 Å². The van der Waals surface area contributed by atoms with E-state index in [4.69, 9.17) is 4.42 Å². The maximum atomic E-state index is 9.18. The molecule has 14 heavy (non-hydrogen) atoms. The van der Waals surface area contributed by atoms with Crippen LogP contribution in [-0.2, 0) is 9.53 Å². The van der Waals surface area contributed by atoms with Crippen molar-refractivity contribution >= 4 is 17.4 Å². The highest BCUT2D eigenvalue weighted by atomic mass is 16.5. The fourth-order valence-electron chi connectivity index (χ4n) is 0.974. The Kier molecular flexibility index (Phi) is 4.27. The van der Waals surface area contributed by atoms with E-state index >= 15 is 0 Å². The SMILES string of the molecule is CCOC=O.c1ccc2occc2c1. The van der Waals surface area contributed by atoms with Gasteiger partial charge in [-0.3, -0.25) is 4.79 Å². The van der Waals surface area contributed by atoms with Gasteiger partial charge < -0.3 is 9.15 Å². The highest BCUT2D eigenvalue weighted by Gasteiger charge is 1.89. The van der Waals surface area contributed by atoms with Crippen LogP contribution >= 0.6 is 0 Å². The fraction of sp³-hybridized carbons (Fsp3) is 0.182. The molecular formula is C11H12O3. The lowest BCUT2D eigenvalue weighted by Crippen LogP contribution is -1.80. The second kappa shape index (κ2) is 5.80. The van der Waals surface area contributed by atoms with Crippen molar-refractivity contribution in [3.05, 3.63) is 36.6 Å². The Bertz CT molecular complexity index is 348. The first kappa shape index (κ1) is 10.3. The zero-order valence-electron chi connectivity index (χ0n) is 7.97. The van der Waals surface area contributed by atoms with Crippen LogP contribution in [0.15, 0.2) is 41.0 Å². The molecule has 0 bridgehead atoms. The molecule has 0 N–H and O–H groups in total. The predicted molar refractivity (Wildman–Crippen MR) is 53.9 cm³/mol. The third-order valence-corrected chi connectivity index (χ3v) is 1.60. The summed E-state index contributed by atoms with van der Waals surface area (Å²) in [5.41, 5.74) is 0.956. The average molecular weight is 192 g/mol. The fourth-order valence-corrected chi connectivity index (χ4v) is 0.974. The smallest absolute Gasteiger partial charge is 0.293 e. The second-order valence-electron chi connectivity index (χ2n) is 2.51. The quantitative estimate of drug-likeness (QED) is 0.686. The lowest BCUT2D eigenvalue weighted by Gasteiger charge is -1.81. The van der Waals surface area contributed by atoms with E-state index in [9.17, 15) is 4.79 Å². The van der Waals surface area contributed by atoms with Gasteiger partial charge in [0.2, 0.25) is 0 Å². The Morgan fingerprint density at radius 2 is 2.14 bits per heavy atom. The molecule has 0 aliphatic heterocycles. The van der Waals surface area contributed by atoms with Crippen molar-refractivity contribution in [1.29, 1.82) is 0 Å². The summed E-state index contributed by atoms with van der Waals surface area (Å²) in [5, 5.41) is 1.16. The molecule has 0 radical (unpaired) electrons. The first-order chi connectivity index (χ1) is 6.88. The number of hydrogen-bond donors (Lipinski definition) is 0. The minimum absolute atomic E-state index is 0.431. The normalized spacial score (nSPS) is 8.93. The average Bonchev–Trinajstić information content (AvgIpc) is 2.67. The number of benzene rings is 1. The van der Waals surface area contributed by atoms with E-state index in [1.807, 2.05) is 30.3 Å². The van der Waals surface area contributed by atoms with Crippen LogP contribution in [0.2, 0.25) is 0 Å². The molecule has 0 fully saturated rings. The number of fused-ring (bicyclic) bond motifs is 1. The molecule has 1 aromatic carbocycles. The van der Waals surface area contributed by atoms with Gasteiger partial charge in [-0.05, 0) is 19.1 Å². The molecule has 2 rings (SSSR count). The van der Waals surface area contributed by atoms with Crippen molar-refractivity contribution < 1.29 is 13.9 Å². The molecule has 1 heterocycles. The number of ether oxygens (including phenoxy) is 1. The Labute approximate surface area is 82.3 Å². The van der Waals surface area contributed by atoms with Crippen molar-refractivity contribution in [2.45, 2.75) is 6.92 Å². The molecule has 3 nitrogen and oxygen atoms in total. The third kappa shape index (κ3) is 2.94. The lowest BCUT2D eigenvalue weighted by molar-refractivity contribution is -0.128. The topological polar surface area (TPSA) is 39.4 Å². The molecule has 1 aromatic heterocycles. The molecule has 0 aliphatic carbocycles. The van der Waals surface area contributed by atoms with Crippen LogP contribution in [-0.4, -0.2) is 13.1 Å². The Hall–Kier alpha value is -1.77. The van der Waals surface area contributed by atoms with E-state index in [0.29, 0.717) is 13.1 Å². The molecule has 0 saturated carbocycles. The zero-order valence-corrected chi connectivity index (χ0v) is 7.97. The maximum Gasteiger partial charge on any atom is 0.293 e. The van der Waals surface area contributed by atoms with Crippen LogP contribution in [0.1, 0.15) is 6.92 Å². The van der Waals surface area contributed by atoms with E-state index in [1.165, 1.54) is 0 Å². The minimum Gasteiger partial charge on any atom is -0.468 e. The van der Waals surface area contributed by atoms with Crippen molar-refractivity contribution in [2.24, 2.45) is 0 Å². The standard InChI is InChI=1S/C8H6O.C3H6O2/c1-2-4-8-7(3-1)5-6-9-8;1-2-5-3-4/h1-6H;3H,2H2,1H3. The van der Waals surface area contributed by atoms with Crippen LogP contribution < -0.4 is 0 Å². The largest absolute Gasteiger partial charge is 0.468 e. The molecule has 0 saturated heterocycles. The molecule has 0 aliphatic rings. The Balaban J connectivity index is 0.000000171. The van der Waals surface area contributed by atoms with Crippen molar-refractivity contribution in [3.8, 4) is 0 Å². The van der Waals surface area contributed by atoms with E-state index in [-0.39, 0.29) is 0 Å². The summed E-state index contributed by atoms with van der Waals surface area (Å²) >= 11 is 0. The van der Waals surface area contributed by atoms with Crippen molar-refractivity contribution in [3.63, 3.8) is 0 Å². The molecule has 0 unspecified atom stereocenters. The van der Waals surface area contributed by atoms with E-state index < -0.39 is 0 Å². The summed E-state index contributed by atoms with van der Waals surface area (Å²) in [4.78, 5) is 9.18. The highest BCUT2D eigenvalue weighted by molar-refractivity contribution is 5.76. The maximum absolute atomic E-state index is 9.18. The van der Waals surface area contributed by atoms with Crippen LogP contribution in [0.5, 0.6) is 0 Å². The van der Waals surface area contributed by atoms with Crippen LogP contribution in [0.4, 0.5) is 0 Å². The molecule has 2 aromatic rings. The monoisotopic (exact) mass is 192 g/mol. The second-order valence-corrected chi connectivity index (χ2v) is 2.51. The van der Waals surface area contributed by atoms with Gasteiger partial charge in [0.1, 0.15) is 5.58 Å². The number of furan rings is 1.